The molecule has 29 heavy (non-hydrogen) atoms. The van der Waals surface area contributed by atoms with Gasteiger partial charge in [-0.25, -0.2) is 12.8 Å². The first-order valence-corrected chi connectivity index (χ1v) is 11.2. The number of aryl methyl sites for hydroxylation is 2. The van der Waals surface area contributed by atoms with Crippen LogP contribution in [0.1, 0.15) is 35.1 Å². The number of nitrogens with zero attached hydrogens (tertiary/aromatic N) is 1. The topological polar surface area (TPSA) is 66.5 Å². The summed E-state index contributed by atoms with van der Waals surface area (Å²) >= 11 is 0. The Hall–Kier alpha value is -2.25. The average molecular weight is 419 g/mol. The monoisotopic (exact) mass is 418 g/mol. The summed E-state index contributed by atoms with van der Waals surface area (Å²) in [4.78, 5) is 12.9. The van der Waals surface area contributed by atoms with Crippen molar-refractivity contribution in [1.82, 2.24) is 4.31 Å². The average Bonchev–Trinajstić information content (AvgIpc) is 2.68. The van der Waals surface area contributed by atoms with Crippen molar-refractivity contribution < 1.29 is 17.6 Å². The second-order valence-electron chi connectivity index (χ2n) is 7.74. The summed E-state index contributed by atoms with van der Waals surface area (Å²) in [5.41, 5.74) is 3.59. The molecule has 0 atom stereocenters. The van der Waals surface area contributed by atoms with E-state index in [0.717, 1.165) is 22.3 Å². The number of carbonyl (C=O) groups excluding carboxylic acids is 1. The summed E-state index contributed by atoms with van der Waals surface area (Å²) < 4.78 is 41.9. The van der Waals surface area contributed by atoms with Crippen molar-refractivity contribution in [1.29, 1.82) is 0 Å². The van der Waals surface area contributed by atoms with Crippen LogP contribution in [0.5, 0.6) is 0 Å². The lowest BCUT2D eigenvalue weighted by molar-refractivity contribution is -0.120. The van der Waals surface area contributed by atoms with Crippen LogP contribution in [0, 0.1) is 39.4 Å². The molecule has 1 amide bonds. The van der Waals surface area contributed by atoms with Crippen LogP contribution in [0.4, 0.5) is 10.1 Å². The van der Waals surface area contributed by atoms with Gasteiger partial charge in [-0.15, -0.1) is 0 Å². The second kappa shape index (κ2) is 8.24. The van der Waals surface area contributed by atoms with Gasteiger partial charge in [-0.3, -0.25) is 4.79 Å². The molecule has 0 saturated carbocycles. The third-order valence-electron chi connectivity index (χ3n) is 5.85. The van der Waals surface area contributed by atoms with Crippen molar-refractivity contribution in [2.75, 3.05) is 18.4 Å². The second-order valence-corrected chi connectivity index (χ2v) is 9.61. The summed E-state index contributed by atoms with van der Waals surface area (Å²) in [6.07, 6.45) is 0.810. The van der Waals surface area contributed by atoms with E-state index in [-0.39, 0.29) is 30.6 Å². The molecule has 156 valence electrons. The summed E-state index contributed by atoms with van der Waals surface area (Å²) in [5.74, 6) is -1.10. The maximum atomic E-state index is 13.8. The van der Waals surface area contributed by atoms with Gasteiger partial charge in [0.05, 0.1) is 10.6 Å². The SMILES string of the molecule is Cc1cc(C)c(C)c(S(=O)(=O)N2CCC(C(=O)Nc3ccccc3F)CC2)c1C. The van der Waals surface area contributed by atoms with Gasteiger partial charge in [0.2, 0.25) is 15.9 Å². The molecule has 5 nitrogen and oxygen atoms in total. The predicted molar refractivity (Wildman–Crippen MR) is 112 cm³/mol. The first kappa shape index (κ1) is 21.5. The normalized spacial score (nSPS) is 16.0. The quantitative estimate of drug-likeness (QED) is 0.813. The smallest absolute Gasteiger partial charge is 0.243 e. The molecule has 1 saturated heterocycles. The van der Waals surface area contributed by atoms with Crippen molar-refractivity contribution in [3.05, 3.63) is 58.4 Å². The highest BCUT2D eigenvalue weighted by molar-refractivity contribution is 7.89. The molecular weight excluding hydrogens is 391 g/mol. The minimum Gasteiger partial charge on any atom is -0.323 e. The molecule has 7 heteroatoms. The number of rotatable bonds is 4. The number of nitrogens with one attached hydrogen (secondary N) is 1. The molecule has 0 aliphatic carbocycles. The number of amides is 1. The van der Waals surface area contributed by atoms with Gasteiger partial charge in [-0.1, -0.05) is 18.2 Å². The van der Waals surface area contributed by atoms with Crippen LogP contribution < -0.4 is 5.32 Å². The van der Waals surface area contributed by atoms with Gasteiger partial charge in [-0.2, -0.15) is 4.31 Å². The Balaban J connectivity index is 1.74. The Morgan fingerprint density at radius 3 is 2.14 bits per heavy atom. The van der Waals surface area contributed by atoms with Crippen molar-refractivity contribution >= 4 is 21.6 Å². The molecule has 0 radical (unpaired) electrons. The third kappa shape index (κ3) is 4.21. The first-order chi connectivity index (χ1) is 13.6. The first-order valence-electron chi connectivity index (χ1n) is 9.76. The maximum absolute atomic E-state index is 13.8. The van der Waals surface area contributed by atoms with Gasteiger partial charge in [0.1, 0.15) is 5.82 Å². The van der Waals surface area contributed by atoms with Crippen molar-refractivity contribution in [2.45, 2.75) is 45.4 Å². The van der Waals surface area contributed by atoms with Gasteiger partial charge in [0.15, 0.2) is 0 Å². The molecule has 2 aromatic rings. The van der Waals surface area contributed by atoms with Gasteiger partial charge in [0.25, 0.3) is 0 Å². The molecule has 3 rings (SSSR count). The molecule has 1 fully saturated rings. The molecule has 0 unspecified atom stereocenters. The Labute approximate surface area is 172 Å². The molecule has 1 aliphatic rings. The van der Waals surface area contributed by atoms with E-state index >= 15 is 0 Å². The fourth-order valence-corrected chi connectivity index (χ4v) is 5.90. The fraction of sp³-hybridized carbons (Fsp3) is 0.409. The van der Waals surface area contributed by atoms with E-state index in [1.54, 1.807) is 12.1 Å². The van der Waals surface area contributed by atoms with Crippen LogP contribution in [-0.4, -0.2) is 31.7 Å². The lowest BCUT2D eigenvalue weighted by Crippen LogP contribution is -2.42. The third-order valence-corrected chi connectivity index (χ3v) is 8.02. The van der Waals surface area contributed by atoms with Crippen LogP contribution in [-0.2, 0) is 14.8 Å². The lowest BCUT2D eigenvalue weighted by atomic mass is 9.97. The predicted octanol–water partition coefficient (Wildman–Crippen LogP) is 4.10. The zero-order valence-electron chi connectivity index (χ0n) is 17.3. The number of para-hydroxylation sites is 1. The molecule has 1 heterocycles. The Bertz CT molecular complexity index is 1020. The van der Waals surface area contributed by atoms with E-state index in [2.05, 4.69) is 5.32 Å². The van der Waals surface area contributed by atoms with E-state index in [1.807, 2.05) is 33.8 Å². The minimum absolute atomic E-state index is 0.147. The van der Waals surface area contributed by atoms with E-state index in [1.165, 1.54) is 16.4 Å². The summed E-state index contributed by atoms with van der Waals surface area (Å²) in [6, 6.07) is 8.02. The van der Waals surface area contributed by atoms with Crippen LogP contribution in [0.3, 0.4) is 0 Å². The molecule has 1 aliphatic heterocycles. The number of sulfonamides is 1. The summed E-state index contributed by atoms with van der Waals surface area (Å²) in [5, 5.41) is 2.62. The number of anilines is 1. The Morgan fingerprint density at radius 1 is 1.03 bits per heavy atom. The largest absolute Gasteiger partial charge is 0.323 e. The highest BCUT2D eigenvalue weighted by Crippen LogP contribution is 2.31. The standard InChI is InChI=1S/C22H27FN2O3S/c1-14-13-15(2)17(4)21(16(14)3)29(27,28)25-11-9-18(10-12-25)22(26)24-20-8-6-5-7-19(20)23/h5-8,13,18H,9-12H2,1-4H3,(H,24,26). The number of hydrogen-bond donors (Lipinski definition) is 1. The van der Waals surface area contributed by atoms with Crippen molar-refractivity contribution in [3.8, 4) is 0 Å². The van der Waals surface area contributed by atoms with Crippen molar-refractivity contribution in [2.24, 2.45) is 5.92 Å². The van der Waals surface area contributed by atoms with Crippen LogP contribution >= 0.6 is 0 Å². The highest BCUT2D eigenvalue weighted by Gasteiger charge is 2.34. The number of piperidine rings is 1. The summed E-state index contributed by atoms with van der Waals surface area (Å²) in [6.45, 7) is 8.04. The molecule has 0 bridgehead atoms. The fourth-order valence-electron chi connectivity index (χ4n) is 3.85. The Kier molecular flexibility index (Phi) is 6.10. The Morgan fingerprint density at radius 2 is 1.59 bits per heavy atom. The zero-order valence-corrected chi connectivity index (χ0v) is 18.1. The summed E-state index contributed by atoms with van der Waals surface area (Å²) in [7, 11) is -3.64. The van der Waals surface area contributed by atoms with E-state index < -0.39 is 15.8 Å². The molecule has 2 aromatic carbocycles. The van der Waals surface area contributed by atoms with Crippen LogP contribution in [0.15, 0.2) is 35.2 Å². The van der Waals surface area contributed by atoms with E-state index in [9.17, 15) is 17.6 Å². The molecule has 0 aromatic heterocycles. The van der Waals surface area contributed by atoms with E-state index in [4.69, 9.17) is 0 Å². The number of carbonyl (C=O) groups is 1. The molecule has 0 spiro atoms. The van der Waals surface area contributed by atoms with E-state index in [0.29, 0.717) is 17.7 Å². The lowest BCUT2D eigenvalue weighted by Gasteiger charge is -2.31. The van der Waals surface area contributed by atoms with Gasteiger partial charge >= 0.3 is 0 Å². The number of halogens is 1. The van der Waals surface area contributed by atoms with Gasteiger partial charge in [-0.05, 0) is 74.9 Å². The minimum atomic E-state index is -3.64. The highest BCUT2D eigenvalue weighted by atomic mass is 32.2. The van der Waals surface area contributed by atoms with Crippen LogP contribution in [0.2, 0.25) is 0 Å². The van der Waals surface area contributed by atoms with Crippen molar-refractivity contribution in [3.63, 3.8) is 0 Å². The molecular formula is C22H27FN2O3S. The number of benzene rings is 2. The van der Waals surface area contributed by atoms with Gasteiger partial charge < -0.3 is 5.32 Å². The van der Waals surface area contributed by atoms with Gasteiger partial charge in [0, 0.05) is 19.0 Å². The number of hydrogen-bond acceptors (Lipinski definition) is 3. The molecule has 1 N–H and O–H groups in total. The zero-order chi connectivity index (χ0) is 21.3. The maximum Gasteiger partial charge on any atom is 0.243 e. The van der Waals surface area contributed by atoms with Crippen LogP contribution in [0.25, 0.3) is 0 Å².